The van der Waals surface area contributed by atoms with Gasteiger partial charge in [0.05, 0.1) is 10.6 Å². The number of hydrogen-bond donors (Lipinski definition) is 1. The van der Waals surface area contributed by atoms with Crippen LogP contribution >= 0.6 is 11.6 Å². The number of benzene rings is 2. The molecule has 31 heavy (non-hydrogen) atoms. The van der Waals surface area contributed by atoms with Gasteiger partial charge in [-0.1, -0.05) is 49.7 Å². The van der Waals surface area contributed by atoms with E-state index >= 15 is 0 Å². The van der Waals surface area contributed by atoms with Crippen molar-refractivity contribution in [1.82, 2.24) is 0 Å². The Bertz CT molecular complexity index is 1150. The number of ketones is 1. The second kappa shape index (κ2) is 7.65. The van der Waals surface area contributed by atoms with E-state index in [1.165, 1.54) is 17.0 Å². The lowest BCUT2D eigenvalue weighted by molar-refractivity contribution is -0.121. The minimum absolute atomic E-state index is 0.0458. The van der Waals surface area contributed by atoms with Crippen LogP contribution in [0.15, 0.2) is 53.7 Å². The first-order valence-electron chi connectivity index (χ1n) is 10.3. The Morgan fingerprint density at radius 3 is 2.52 bits per heavy atom. The summed E-state index contributed by atoms with van der Waals surface area (Å²) >= 11 is 6.04. The lowest BCUT2D eigenvalue weighted by atomic mass is 9.69. The van der Waals surface area contributed by atoms with E-state index in [4.69, 9.17) is 11.6 Å². The Morgan fingerprint density at radius 2 is 1.84 bits per heavy atom. The normalized spacial score (nSPS) is 20.6. The maximum atomic E-state index is 13.4. The SMILES string of the molecule is Cc1ccccc1C1CC(=O)N(c2ccc(Cl)c(C(=O)O)c2)C2=C1C(=O)CC(C)(C)C2. The lowest BCUT2D eigenvalue weighted by Crippen LogP contribution is -2.43. The van der Waals surface area contributed by atoms with E-state index in [9.17, 15) is 19.5 Å². The average Bonchev–Trinajstić information content (AvgIpc) is 2.67. The molecule has 2 aromatic rings. The van der Waals surface area contributed by atoms with Gasteiger partial charge in [-0.05, 0) is 48.1 Å². The van der Waals surface area contributed by atoms with E-state index in [0.717, 1.165) is 11.1 Å². The number of rotatable bonds is 3. The minimum Gasteiger partial charge on any atom is -0.478 e. The summed E-state index contributed by atoms with van der Waals surface area (Å²) in [5, 5.41) is 9.58. The topological polar surface area (TPSA) is 74.7 Å². The summed E-state index contributed by atoms with van der Waals surface area (Å²) in [5.74, 6) is -1.57. The van der Waals surface area contributed by atoms with Gasteiger partial charge in [-0.3, -0.25) is 14.5 Å². The Labute approximate surface area is 186 Å². The summed E-state index contributed by atoms with van der Waals surface area (Å²) < 4.78 is 0. The van der Waals surface area contributed by atoms with Crippen molar-refractivity contribution in [1.29, 1.82) is 0 Å². The quantitative estimate of drug-likeness (QED) is 0.686. The lowest BCUT2D eigenvalue weighted by Gasteiger charge is -2.43. The molecule has 0 aromatic heterocycles. The number of nitrogens with zero attached hydrogens (tertiary/aromatic N) is 1. The highest BCUT2D eigenvalue weighted by Gasteiger charge is 2.44. The van der Waals surface area contributed by atoms with Gasteiger partial charge in [0.1, 0.15) is 0 Å². The molecule has 0 spiro atoms. The van der Waals surface area contributed by atoms with Gasteiger partial charge in [0.15, 0.2) is 5.78 Å². The van der Waals surface area contributed by atoms with Gasteiger partial charge in [-0.25, -0.2) is 4.79 Å². The Morgan fingerprint density at radius 1 is 1.13 bits per heavy atom. The van der Waals surface area contributed by atoms with Crippen molar-refractivity contribution in [2.45, 2.75) is 46.0 Å². The molecular formula is C25H24ClNO4. The van der Waals surface area contributed by atoms with E-state index in [0.29, 0.717) is 29.8 Å². The van der Waals surface area contributed by atoms with Crippen molar-refractivity contribution >= 4 is 34.9 Å². The highest BCUT2D eigenvalue weighted by atomic mass is 35.5. The number of allylic oxidation sites excluding steroid dienone is 2. The van der Waals surface area contributed by atoms with Gasteiger partial charge in [-0.2, -0.15) is 0 Å². The largest absolute Gasteiger partial charge is 0.478 e. The summed E-state index contributed by atoms with van der Waals surface area (Å²) in [6, 6.07) is 12.4. The Kier molecular flexibility index (Phi) is 5.26. The first kappa shape index (κ1) is 21.3. The Hall–Kier alpha value is -2.92. The van der Waals surface area contributed by atoms with Crippen LogP contribution in [0.4, 0.5) is 5.69 Å². The number of carbonyl (C=O) groups excluding carboxylic acids is 2. The molecule has 0 bridgehead atoms. The summed E-state index contributed by atoms with van der Waals surface area (Å²) in [4.78, 5) is 39.9. The molecule has 1 amide bonds. The van der Waals surface area contributed by atoms with Crippen LogP contribution in [0.2, 0.25) is 5.02 Å². The number of Topliss-reactive ketones (excluding diaryl/α,β-unsaturated/α-hetero) is 1. The number of carboxylic acid groups (broad SMARTS) is 1. The van der Waals surface area contributed by atoms with Crippen LogP contribution in [0.3, 0.4) is 0 Å². The van der Waals surface area contributed by atoms with Crippen LogP contribution < -0.4 is 4.90 Å². The molecule has 0 radical (unpaired) electrons. The fourth-order valence-corrected chi connectivity index (χ4v) is 4.97. The van der Waals surface area contributed by atoms with Crippen LogP contribution in [0, 0.1) is 12.3 Å². The molecule has 2 aromatic carbocycles. The first-order valence-corrected chi connectivity index (χ1v) is 10.6. The third-order valence-electron chi connectivity index (χ3n) is 6.15. The van der Waals surface area contributed by atoms with Gasteiger partial charge in [0.2, 0.25) is 5.91 Å². The number of aryl methyl sites for hydroxylation is 1. The number of hydrogen-bond acceptors (Lipinski definition) is 3. The number of carboxylic acids is 1. The predicted octanol–water partition coefficient (Wildman–Crippen LogP) is 5.51. The maximum absolute atomic E-state index is 13.4. The average molecular weight is 438 g/mol. The molecule has 0 saturated carbocycles. The molecule has 1 atom stereocenters. The summed E-state index contributed by atoms with van der Waals surface area (Å²) in [6.45, 7) is 6.01. The van der Waals surface area contributed by atoms with E-state index in [1.807, 2.05) is 45.0 Å². The highest BCUT2D eigenvalue weighted by Crippen LogP contribution is 2.48. The zero-order valence-electron chi connectivity index (χ0n) is 17.7. The van der Waals surface area contributed by atoms with Crippen LogP contribution in [-0.2, 0) is 9.59 Å². The maximum Gasteiger partial charge on any atom is 0.337 e. The monoisotopic (exact) mass is 437 g/mol. The second-order valence-corrected chi connectivity index (χ2v) is 9.52. The van der Waals surface area contributed by atoms with Gasteiger partial charge in [0.25, 0.3) is 0 Å². The molecule has 1 heterocycles. The van der Waals surface area contributed by atoms with Crippen LogP contribution in [0.25, 0.3) is 0 Å². The summed E-state index contributed by atoms with van der Waals surface area (Å²) in [6.07, 6.45) is 1.12. The van der Waals surface area contributed by atoms with E-state index < -0.39 is 5.97 Å². The molecule has 2 aliphatic rings. The number of halogens is 1. The number of anilines is 1. The molecule has 1 N–H and O–H groups in total. The molecular weight excluding hydrogens is 414 g/mol. The molecule has 1 aliphatic heterocycles. The van der Waals surface area contributed by atoms with Crippen molar-refractivity contribution in [3.63, 3.8) is 0 Å². The van der Waals surface area contributed by atoms with Gasteiger partial charge >= 0.3 is 5.97 Å². The zero-order chi connectivity index (χ0) is 22.5. The third-order valence-corrected chi connectivity index (χ3v) is 6.47. The van der Waals surface area contributed by atoms with Crippen molar-refractivity contribution in [3.05, 3.63) is 75.4 Å². The predicted molar refractivity (Wildman–Crippen MR) is 119 cm³/mol. The number of aromatic carboxylic acids is 1. The number of amides is 1. The zero-order valence-corrected chi connectivity index (χ0v) is 18.5. The Balaban J connectivity index is 1.93. The number of carbonyl (C=O) groups is 3. The van der Waals surface area contributed by atoms with Crippen molar-refractivity contribution in [3.8, 4) is 0 Å². The third kappa shape index (κ3) is 3.79. The molecule has 5 nitrogen and oxygen atoms in total. The second-order valence-electron chi connectivity index (χ2n) is 9.11. The van der Waals surface area contributed by atoms with Gasteiger partial charge < -0.3 is 5.11 Å². The van der Waals surface area contributed by atoms with Crippen molar-refractivity contribution in [2.75, 3.05) is 4.90 Å². The summed E-state index contributed by atoms with van der Waals surface area (Å²) in [5.41, 5.74) is 3.41. The van der Waals surface area contributed by atoms with Gasteiger partial charge in [-0.15, -0.1) is 0 Å². The van der Waals surface area contributed by atoms with E-state index in [1.54, 1.807) is 6.07 Å². The highest BCUT2D eigenvalue weighted by molar-refractivity contribution is 6.33. The molecule has 6 heteroatoms. The standard InChI is InChI=1S/C25H24ClNO4/c1-14-6-4-5-7-16(14)17-11-22(29)27(15-8-9-19(26)18(10-15)24(30)31)20-12-25(2,3)13-21(28)23(17)20/h4-10,17H,11-13H2,1-3H3,(H,30,31). The van der Waals surface area contributed by atoms with Crippen LogP contribution in [0.1, 0.15) is 60.5 Å². The molecule has 160 valence electrons. The molecule has 4 rings (SSSR count). The smallest absolute Gasteiger partial charge is 0.337 e. The summed E-state index contributed by atoms with van der Waals surface area (Å²) in [7, 11) is 0. The minimum atomic E-state index is -1.16. The van der Waals surface area contributed by atoms with E-state index in [2.05, 4.69) is 0 Å². The fourth-order valence-electron chi connectivity index (χ4n) is 4.77. The van der Waals surface area contributed by atoms with Crippen molar-refractivity contribution in [2.24, 2.45) is 5.41 Å². The molecule has 0 saturated heterocycles. The van der Waals surface area contributed by atoms with Crippen LogP contribution in [0.5, 0.6) is 0 Å². The van der Waals surface area contributed by atoms with Crippen molar-refractivity contribution < 1.29 is 19.5 Å². The molecule has 1 unspecified atom stereocenters. The molecule has 1 aliphatic carbocycles. The van der Waals surface area contributed by atoms with Crippen LogP contribution in [-0.4, -0.2) is 22.8 Å². The van der Waals surface area contributed by atoms with Gasteiger partial charge in [0, 0.05) is 35.7 Å². The molecule has 0 fully saturated rings. The fraction of sp³-hybridized carbons (Fsp3) is 0.320. The first-order chi connectivity index (χ1) is 14.6. The van der Waals surface area contributed by atoms with E-state index in [-0.39, 0.29) is 40.0 Å².